The SMILES string of the molecule is Cc1ccc(NN2C(=O)C3CC4C(=CCC5C(=O)N(O)C(=O)C54)C(c4cc(Br)ccc4O)C3(c3ccccc3)C2=O)cc1. The van der Waals surface area contributed by atoms with Crippen molar-refractivity contribution in [2.45, 2.75) is 31.1 Å². The number of anilines is 1. The average Bonchev–Trinajstić information content (AvgIpc) is 3.36. The van der Waals surface area contributed by atoms with Gasteiger partial charge in [-0.2, -0.15) is 10.1 Å². The summed E-state index contributed by atoms with van der Waals surface area (Å²) in [5.41, 5.74) is 4.87. The maximum atomic E-state index is 14.9. The van der Waals surface area contributed by atoms with Crippen molar-refractivity contribution in [1.82, 2.24) is 10.1 Å². The number of fused-ring (bicyclic) bond motifs is 4. The van der Waals surface area contributed by atoms with Crippen LogP contribution in [-0.4, -0.2) is 44.0 Å². The summed E-state index contributed by atoms with van der Waals surface area (Å²) in [5.74, 6) is -6.43. The van der Waals surface area contributed by atoms with E-state index in [9.17, 15) is 29.5 Å². The summed E-state index contributed by atoms with van der Waals surface area (Å²) in [5, 5.41) is 22.9. The number of hydrazine groups is 1. The van der Waals surface area contributed by atoms with Crippen molar-refractivity contribution in [3.63, 3.8) is 0 Å². The monoisotopic (exact) mass is 641 g/mol. The Morgan fingerprint density at radius 2 is 1.63 bits per heavy atom. The van der Waals surface area contributed by atoms with E-state index in [0.717, 1.165) is 10.6 Å². The minimum atomic E-state index is -1.48. The zero-order valence-corrected chi connectivity index (χ0v) is 24.7. The van der Waals surface area contributed by atoms with Gasteiger partial charge < -0.3 is 5.11 Å². The molecule has 3 N–H and O–H groups in total. The molecule has 1 saturated carbocycles. The molecule has 6 atom stereocenters. The first-order valence-electron chi connectivity index (χ1n) is 14.2. The van der Waals surface area contributed by atoms with E-state index in [2.05, 4.69) is 21.4 Å². The topological polar surface area (TPSA) is 127 Å². The van der Waals surface area contributed by atoms with Crippen LogP contribution in [0.15, 0.2) is 88.9 Å². The van der Waals surface area contributed by atoms with Gasteiger partial charge in [-0.05, 0) is 61.6 Å². The Bertz CT molecular complexity index is 1720. The number of nitrogens with zero attached hydrogens (tertiary/aromatic N) is 2. The molecule has 218 valence electrons. The number of aryl methyl sites for hydroxylation is 1. The van der Waals surface area contributed by atoms with Crippen LogP contribution in [0.2, 0.25) is 0 Å². The van der Waals surface area contributed by atoms with Gasteiger partial charge in [-0.1, -0.05) is 75.6 Å². The van der Waals surface area contributed by atoms with Crippen molar-refractivity contribution < 1.29 is 29.5 Å². The van der Waals surface area contributed by atoms with Gasteiger partial charge in [0.25, 0.3) is 23.6 Å². The highest BCUT2D eigenvalue weighted by Crippen LogP contribution is 2.64. The number of phenols is 1. The van der Waals surface area contributed by atoms with Crippen molar-refractivity contribution in [2.24, 2.45) is 23.7 Å². The molecule has 2 heterocycles. The van der Waals surface area contributed by atoms with Gasteiger partial charge in [0.05, 0.1) is 28.9 Å². The molecule has 9 nitrogen and oxygen atoms in total. The minimum Gasteiger partial charge on any atom is -0.508 e. The highest BCUT2D eigenvalue weighted by Gasteiger charge is 2.70. The highest BCUT2D eigenvalue weighted by molar-refractivity contribution is 9.10. The fourth-order valence-corrected chi connectivity index (χ4v) is 8.21. The molecule has 2 saturated heterocycles. The Balaban J connectivity index is 1.48. The molecule has 2 aliphatic carbocycles. The molecule has 3 fully saturated rings. The molecule has 6 unspecified atom stereocenters. The van der Waals surface area contributed by atoms with E-state index in [0.29, 0.717) is 26.9 Å². The summed E-state index contributed by atoms with van der Waals surface area (Å²) in [6, 6.07) is 21.4. The molecular weight excluding hydrogens is 614 g/mol. The number of nitrogens with one attached hydrogen (secondary N) is 1. The van der Waals surface area contributed by atoms with E-state index in [1.165, 1.54) is 6.07 Å². The molecule has 7 rings (SSSR count). The second-order valence-corrected chi connectivity index (χ2v) is 12.7. The van der Waals surface area contributed by atoms with E-state index < -0.39 is 58.6 Å². The molecule has 0 radical (unpaired) electrons. The van der Waals surface area contributed by atoms with Crippen molar-refractivity contribution >= 4 is 45.2 Å². The number of rotatable bonds is 4. The maximum Gasteiger partial charge on any atom is 0.260 e. The van der Waals surface area contributed by atoms with Gasteiger partial charge >= 0.3 is 0 Å². The number of benzene rings is 3. The van der Waals surface area contributed by atoms with Crippen molar-refractivity contribution in [3.8, 4) is 5.75 Å². The second-order valence-electron chi connectivity index (χ2n) is 11.8. The zero-order chi connectivity index (χ0) is 30.2. The average molecular weight is 643 g/mol. The minimum absolute atomic E-state index is 0.0614. The summed E-state index contributed by atoms with van der Waals surface area (Å²) in [4.78, 5) is 55.5. The van der Waals surface area contributed by atoms with Crippen molar-refractivity contribution in [3.05, 3.63) is 106 Å². The Morgan fingerprint density at radius 3 is 2.35 bits per heavy atom. The van der Waals surface area contributed by atoms with E-state index in [4.69, 9.17) is 0 Å². The normalized spacial score (nSPS) is 29.7. The number of phenolic OH excluding ortho intramolecular Hbond substituents is 1. The number of hydrogen-bond acceptors (Lipinski definition) is 7. The Hall–Kier alpha value is -4.28. The van der Waals surface area contributed by atoms with Crippen LogP contribution in [0.25, 0.3) is 0 Å². The third kappa shape index (κ3) is 3.86. The first-order chi connectivity index (χ1) is 20.6. The van der Waals surface area contributed by atoms with Crippen LogP contribution in [0.1, 0.15) is 35.4 Å². The van der Waals surface area contributed by atoms with Crippen LogP contribution in [-0.2, 0) is 24.6 Å². The van der Waals surface area contributed by atoms with Crippen LogP contribution in [0.5, 0.6) is 5.75 Å². The number of carbonyl (C=O) groups is 4. The van der Waals surface area contributed by atoms with Crippen LogP contribution >= 0.6 is 15.9 Å². The molecule has 2 aliphatic heterocycles. The first kappa shape index (κ1) is 27.5. The van der Waals surface area contributed by atoms with Crippen LogP contribution in [0.3, 0.4) is 0 Å². The molecule has 0 aromatic heterocycles. The molecule has 3 aromatic carbocycles. The third-order valence-corrected chi connectivity index (χ3v) is 10.2. The fourth-order valence-electron chi connectivity index (χ4n) is 7.83. The van der Waals surface area contributed by atoms with Gasteiger partial charge in [0.2, 0.25) is 0 Å². The van der Waals surface area contributed by atoms with Crippen molar-refractivity contribution in [1.29, 1.82) is 0 Å². The van der Waals surface area contributed by atoms with Gasteiger partial charge in [-0.25, -0.2) is 0 Å². The zero-order valence-electron chi connectivity index (χ0n) is 23.1. The predicted molar refractivity (Wildman–Crippen MR) is 158 cm³/mol. The number of amides is 4. The van der Waals surface area contributed by atoms with Crippen molar-refractivity contribution in [2.75, 3.05) is 5.43 Å². The Morgan fingerprint density at radius 1 is 0.907 bits per heavy atom. The fraction of sp³-hybridized carbons (Fsp3) is 0.273. The predicted octanol–water partition coefficient (Wildman–Crippen LogP) is 4.84. The number of hydrogen-bond donors (Lipinski definition) is 3. The molecule has 4 aliphatic rings. The van der Waals surface area contributed by atoms with Gasteiger partial charge in [-0.3, -0.25) is 29.8 Å². The Kier molecular flexibility index (Phi) is 6.33. The molecular formula is C33H28BrN3O6. The lowest BCUT2D eigenvalue weighted by atomic mass is 9.49. The smallest absolute Gasteiger partial charge is 0.260 e. The molecule has 43 heavy (non-hydrogen) atoms. The third-order valence-electron chi connectivity index (χ3n) is 9.67. The second kappa shape index (κ2) is 9.89. The van der Waals surface area contributed by atoms with Crippen LogP contribution < -0.4 is 5.43 Å². The summed E-state index contributed by atoms with van der Waals surface area (Å²) in [6.45, 7) is 1.94. The molecule has 0 bridgehead atoms. The maximum absolute atomic E-state index is 14.9. The largest absolute Gasteiger partial charge is 0.508 e. The molecule has 10 heteroatoms. The lowest BCUT2D eigenvalue weighted by molar-refractivity contribution is -0.173. The van der Waals surface area contributed by atoms with Gasteiger partial charge in [0, 0.05) is 16.0 Å². The van der Waals surface area contributed by atoms with E-state index in [1.807, 2.05) is 55.5 Å². The van der Waals surface area contributed by atoms with E-state index >= 15 is 0 Å². The molecule has 4 amide bonds. The number of halogens is 1. The van der Waals surface area contributed by atoms with Gasteiger partial charge in [0.1, 0.15) is 5.75 Å². The summed E-state index contributed by atoms with van der Waals surface area (Å²) in [6.07, 6.45) is 2.17. The quantitative estimate of drug-likeness (QED) is 0.211. The summed E-state index contributed by atoms with van der Waals surface area (Å²) < 4.78 is 0.663. The van der Waals surface area contributed by atoms with Crippen LogP contribution in [0, 0.1) is 30.6 Å². The number of imide groups is 2. The summed E-state index contributed by atoms with van der Waals surface area (Å²) >= 11 is 3.51. The van der Waals surface area contributed by atoms with Gasteiger partial charge in [0.15, 0.2) is 0 Å². The van der Waals surface area contributed by atoms with Gasteiger partial charge in [-0.15, -0.1) is 0 Å². The standard InChI is InChI=1S/C33H28BrN3O6/c1-17-7-10-20(11-8-17)35-36-30(40)25-16-23-21(12-13-22-27(23)31(41)37(43)29(22)39)28(24-15-19(34)9-14-26(24)38)33(25,32(36)42)18-5-3-2-4-6-18/h2-12,14-15,22-23,25,27-28,35,38,43H,13,16H2,1H3. The Labute approximate surface area is 255 Å². The highest BCUT2D eigenvalue weighted by atomic mass is 79.9. The summed E-state index contributed by atoms with van der Waals surface area (Å²) in [7, 11) is 0. The molecule has 0 spiro atoms. The lowest BCUT2D eigenvalue weighted by Gasteiger charge is -2.50. The lowest BCUT2D eigenvalue weighted by Crippen LogP contribution is -2.53. The number of carbonyl (C=O) groups excluding carboxylic acids is 4. The number of aromatic hydroxyl groups is 1. The van der Waals surface area contributed by atoms with E-state index in [1.54, 1.807) is 24.3 Å². The van der Waals surface area contributed by atoms with E-state index in [-0.39, 0.29) is 23.7 Å². The molecule has 3 aromatic rings. The number of allylic oxidation sites excluding steroid dienone is 2. The first-order valence-corrected chi connectivity index (χ1v) is 15.0. The number of hydroxylamine groups is 2. The van der Waals surface area contributed by atoms with Crippen LogP contribution in [0.4, 0.5) is 5.69 Å².